The van der Waals surface area contributed by atoms with Crippen LogP contribution in [0.3, 0.4) is 0 Å². The van der Waals surface area contributed by atoms with Crippen LogP contribution in [0.5, 0.6) is 0 Å². The van der Waals surface area contributed by atoms with Gasteiger partial charge in [-0.05, 0) is 42.7 Å². The number of benzene rings is 2. The van der Waals surface area contributed by atoms with Crippen molar-refractivity contribution in [3.63, 3.8) is 0 Å². The molecule has 0 radical (unpaired) electrons. The van der Waals surface area contributed by atoms with E-state index in [0.29, 0.717) is 27.6 Å². The summed E-state index contributed by atoms with van der Waals surface area (Å²) in [6, 6.07) is 16.8. The number of amides is 1. The van der Waals surface area contributed by atoms with Gasteiger partial charge in [-0.15, -0.1) is 0 Å². The van der Waals surface area contributed by atoms with Crippen LogP contribution in [-0.4, -0.2) is 27.6 Å². The van der Waals surface area contributed by atoms with E-state index in [2.05, 4.69) is 5.16 Å². The summed E-state index contributed by atoms with van der Waals surface area (Å²) in [5.41, 5.74) is 0.894. The Hall–Kier alpha value is -3.52. The van der Waals surface area contributed by atoms with Crippen molar-refractivity contribution in [1.82, 2.24) is 14.6 Å². The van der Waals surface area contributed by atoms with Gasteiger partial charge in [0.25, 0.3) is 5.91 Å². The summed E-state index contributed by atoms with van der Waals surface area (Å²) in [6.07, 6.45) is -4.68. The second-order valence-electron chi connectivity index (χ2n) is 8.36. The number of rotatable bonds is 6. The molecule has 1 amide bonds. The van der Waals surface area contributed by atoms with Gasteiger partial charge in [-0.3, -0.25) is 4.79 Å². The third kappa shape index (κ3) is 5.12. The third-order valence-electron chi connectivity index (χ3n) is 5.72. The van der Waals surface area contributed by atoms with Gasteiger partial charge in [0.1, 0.15) is 22.8 Å². The van der Waals surface area contributed by atoms with Crippen LogP contribution in [0, 0.1) is 13.8 Å². The lowest BCUT2D eigenvalue weighted by Crippen LogP contribution is -2.30. The van der Waals surface area contributed by atoms with E-state index in [4.69, 9.17) is 16.1 Å². The fourth-order valence-electron chi connectivity index (χ4n) is 4.22. The lowest BCUT2D eigenvalue weighted by Gasteiger charge is -2.20. The van der Waals surface area contributed by atoms with Crippen LogP contribution in [0.1, 0.15) is 38.8 Å². The largest absolute Gasteiger partial charge is 0.431 e. The van der Waals surface area contributed by atoms with Crippen molar-refractivity contribution >= 4 is 17.5 Å². The zero-order valence-electron chi connectivity index (χ0n) is 19.4. The van der Waals surface area contributed by atoms with Crippen molar-refractivity contribution in [2.75, 3.05) is 7.05 Å². The summed E-state index contributed by atoms with van der Waals surface area (Å²) in [7, 11) is 1.53. The summed E-state index contributed by atoms with van der Waals surface area (Å²) in [5, 5.41) is 4.35. The van der Waals surface area contributed by atoms with Crippen molar-refractivity contribution in [2.45, 2.75) is 33.1 Å². The second kappa shape index (κ2) is 9.62. The Morgan fingerprint density at radius 1 is 1.09 bits per heavy atom. The van der Waals surface area contributed by atoms with Gasteiger partial charge in [-0.25, -0.2) is 0 Å². The van der Waals surface area contributed by atoms with E-state index in [0.717, 1.165) is 4.57 Å². The molecule has 2 aromatic carbocycles. The predicted molar refractivity (Wildman–Crippen MR) is 127 cm³/mol. The molecule has 2 heterocycles. The smallest absolute Gasteiger partial charge is 0.361 e. The van der Waals surface area contributed by atoms with Gasteiger partial charge in [-0.1, -0.05) is 59.2 Å². The number of carbonyl (C=O) groups is 1. The zero-order valence-corrected chi connectivity index (χ0v) is 20.1. The molecule has 4 aromatic rings. The lowest BCUT2D eigenvalue weighted by molar-refractivity contribution is -0.143. The maximum atomic E-state index is 14.4. The Balaban J connectivity index is 1.92. The number of aromatic nitrogens is 2. The van der Waals surface area contributed by atoms with Gasteiger partial charge < -0.3 is 14.0 Å². The number of carbonyl (C=O) groups excluding carboxylic acids is 1. The maximum Gasteiger partial charge on any atom is 0.431 e. The van der Waals surface area contributed by atoms with Gasteiger partial charge >= 0.3 is 6.18 Å². The number of nitrogens with zero attached hydrogens (tertiary/aromatic N) is 3. The molecule has 9 heteroatoms. The molecule has 5 nitrogen and oxygen atoms in total. The van der Waals surface area contributed by atoms with Crippen molar-refractivity contribution in [3.8, 4) is 11.1 Å². The highest BCUT2D eigenvalue weighted by Crippen LogP contribution is 2.42. The highest BCUT2D eigenvalue weighted by Gasteiger charge is 2.41. The van der Waals surface area contributed by atoms with Crippen LogP contribution < -0.4 is 0 Å². The second-order valence-corrected chi connectivity index (χ2v) is 8.80. The van der Waals surface area contributed by atoms with E-state index in [-0.39, 0.29) is 29.9 Å². The summed E-state index contributed by atoms with van der Waals surface area (Å²) in [5.74, 6) is 0.00971. The number of hydrogen-bond donors (Lipinski definition) is 0. The minimum Gasteiger partial charge on any atom is -0.361 e. The lowest BCUT2D eigenvalue weighted by atomic mass is 10.00. The molecule has 0 unspecified atom stereocenters. The molecule has 0 aliphatic carbocycles. The fraction of sp³-hybridized carbons (Fsp3) is 0.231. The summed E-state index contributed by atoms with van der Waals surface area (Å²) in [4.78, 5) is 15.1. The summed E-state index contributed by atoms with van der Waals surface area (Å²) < 4.78 is 49.4. The first-order valence-electron chi connectivity index (χ1n) is 10.8. The number of halogens is 4. The molecule has 4 rings (SSSR count). The third-order valence-corrected chi connectivity index (χ3v) is 5.97. The topological polar surface area (TPSA) is 51.3 Å². The van der Waals surface area contributed by atoms with Crippen molar-refractivity contribution < 1.29 is 22.5 Å². The molecule has 0 aliphatic heterocycles. The number of hydrogen-bond acceptors (Lipinski definition) is 3. The maximum absolute atomic E-state index is 14.4. The van der Waals surface area contributed by atoms with Crippen molar-refractivity contribution in [2.24, 2.45) is 0 Å². The van der Waals surface area contributed by atoms with Crippen LogP contribution in [0.25, 0.3) is 11.1 Å². The van der Waals surface area contributed by atoms with Gasteiger partial charge in [0.05, 0.1) is 6.54 Å². The Morgan fingerprint density at radius 2 is 1.74 bits per heavy atom. The van der Waals surface area contributed by atoms with Crippen LogP contribution in [-0.2, 0) is 19.3 Å². The van der Waals surface area contributed by atoms with Crippen molar-refractivity contribution in [3.05, 3.63) is 99.7 Å². The van der Waals surface area contributed by atoms with E-state index in [1.807, 2.05) is 0 Å². The Kier molecular flexibility index (Phi) is 6.76. The molecule has 0 saturated carbocycles. The molecule has 0 atom stereocenters. The number of alkyl halides is 3. The van der Waals surface area contributed by atoms with Crippen LogP contribution in [0.15, 0.2) is 65.2 Å². The van der Waals surface area contributed by atoms with Gasteiger partial charge in [-0.2, -0.15) is 13.2 Å². The first-order valence-corrected chi connectivity index (χ1v) is 11.2. The SMILES string of the molecule is Cc1cc(CN(C)C(=O)c2c(-c3ccc(Cl)cc3)c(C)c(C(F)(F)F)n2Cc2ccccc2)no1. The minimum atomic E-state index is -4.68. The van der Waals surface area contributed by atoms with E-state index < -0.39 is 17.8 Å². The Bertz CT molecular complexity index is 1340. The Labute approximate surface area is 205 Å². The molecule has 0 bridgehead atoms. The number of aryl methyl sites for hydroxylation is 1. The average Bonchev–Trinajstić information content (AvgIpc) is 3.34. The highest BCUT2D eigenvalue weighted by molar-refractivity contribution is 6.30. The van der Waals surface area contributed by atoms with Gasteiger partial charge in [0.15, 0.2) is 0 Å². The van der Waals surface area contributed by atoms with E-state index in [9.17, 15) is 18.0 Å². The Morgan fingerprint density at radius 3 is 2.31 bits per heavy atom. The fourth-order valence-corrected chi connectivity index (χ4v) is 4.34. The van der Waals surface area contributed by atoms with Crippen LogP contribution in [0.2, 0.25) is 5.02 Å². The molecule has 35 heavy (non-hydrogen) atoms. The standard InChI is InChI=1S/C26H23ClF3N3O2/c1-16-13-21(31-35-16)15-32(3)25(34)23-22(19-9-11-20(27)12-10-19)17(2)24(26(28,29)30)33(23)14-18-7-5-4-6-8-18/h4-13H,14-15H2,1-3H3. The molecular weight excluding hydrogens is 479 g/mol. The average molecular weight is 502 g/mol. The van der Waals surface area contributed by atoms with Gasteiger partial charge in [0.2, 0.25) is 0 Å². The monoisotopic (exact) mass is 501 g/mol. The zero-order chi connectivity index (χ0) is 25.3. The van der Waals surface area contributed by atoms with E-state index in [1.165, 1.54) is 18.9 Å². The van der Waals surface area contributed by atoms with Crippen LogP contribution in [0.4, 0.5) is 13.2 Å². The predicted octanol–water partition coefficient (Wildman–Crippen LogP) is 6.75. The highest BCUT2D eigenvalue weighted by atomic mass is 35.5. The quantitative estimate of drug-likeness (QED) is 0.293. The molecule has 0 spiro atoms. The van der Waals surface area contributed by atoms with Gasteiger partial charge in [0, 0.05) is 30.2 Å². The van der Waals surface area contributed by atoms with Crippen molar-refractivity contribution in [1.29, 1.82) is 0 Å². The summed E-state index contributed by atoms with van der Waals surface area (Å²) in [6.45, 7) is 3.07. The van der Waals surface area contributed by atoms with E-state index >= 15 is 0 Å². The molecule has 2 aromatic heterocycles. The minimum absolute atomic E-state index is 0.0233. The molecule has 0 N–H and O–H groups in total. The molecule has 182 valence electrons. The molecule has 0 fully saturated rings. The normalized spacial score (nSPS) is 11.6. The first kappa shape index (κ1) is 24.6. The molecule has 0 saturated heterocycles. The summed E-state index contributed by atoms with van der Waals surface area (Å²) >= 11 is 6.02. The van der Waals surface area contributed by atoms with Crippen LogP contribution >= 0.6 is 11.6 Å². The molecule has 0 aliphatic rings. The first-order chi connectivity index (χ1) is 16.6. The molecular formula is C26H23ClF3N3O2. The van der Waals surface area contributed by atoms with E-state index in [1.54, 1.807) is 67.6 Å².